The van der Waals surface area contributed by atoms with Crippen LogP contribution in [0.25, 0.3) is 0 Å². The van der Waals surface area contributed by atoms with Crippen LogP contribution >= 0.6 is 11.6 Å². The van der Waals surface area contributed by atoms with Gasteiger partial charge < -0.3 is 19.6 Å². The van der Waals surface area contributed by atoms with E-state index in [4.69, 9.17) is 16.3 Å². The number of likely N-dealkylation sites (tertiary alicyclic amines) is 2. The third-order valence-corrected chi connectivity index (χ3v) is 10.4. The molecule has 0 saturated carbocycles. The second-order valence-electron chi connectivity index (χ2n) is 13.3. The lowest BCUT2D eigenvalue weighted by molar-refractivity contribution is -0.145. The maximum atomic E-state index is 12.8. The van der Waals surface area contributed by atoms with Crippen LogP contribution in [0.3, 0.4) is 0 Å². The number of amides is 3. The van der Waals surface area contributed by atoms with E-state index in [1.165, 1.54) is 11.1 Å². The molecule has 3 aromatic rings. The molecule has 0 spiro atoms. The molecule has 9 heteroatoms. The lowest BCUT2D eigenvalue weighted by Crippen LogP contribution is -2.47. The Hall–Kier alpha value is -3.72. The van der Waals surface area contributed by atoms with Gasteiger partial charge in [0.15, 0.2) is 0 Å². The molecule has 2 saturated heterocycles. The Kier molecular flexibility index (Phi) is 12.3. The number of halogens is 1. The van der Waals surface area contributed by atoms with Crippen molar-refractivity contribution in [1.82, 2.24) is 15.1 Å². The number of imide groups is 1. The second-order valence-corrected chi connectivity index (χ2v) is 13.7. The minimum absolute atomic E-state index is 0.189. The third-order valence-electron chi connectivity index (χ3n) is 10.2. The van der Waals surface area contributed by atoms with Crippen molar-refractivity contribution in [2.45, 2.75) is 69.3 Å². The molecule has 5 rings (SSSR count). The zero-order valence-electron chi connectivity index (χ0n) is 27.9. The monoisotopic (exact) mass is 673 g/mol. The normalized spacial score (nSPS) is 17.1. The van der Waals surface area contributed by atoms with Gasteiger partial charge in [0.2, 0.25) is 5.91 Å². The first kappa shape index (κ1) is 35.6. The quantitative estimate of drug-likeness (QED) is 0.164. The van der Waals surface area contributed by atoms with E-state index < -0.39 is 29.9 Å². The molecule has 2 fully saturated rings. The van der Waals surface area contributed by atoms with Crippen molar-refractivity contribution in [3.05, 3.63) is 107 Å². The van der Waals surface area contributed by atoms with Gasteiger partial charge in [-0.3, -0.25) is 14.9 Å². The molecule has 2 heterocycles. The fourth-order valence-corrected chi connectivity index (χ4v) is 7.65. The van der Waals surface area contributed by atoms with E-state index in [2.05, 4.69) is 70.9 Å². The number of nitrogens with zero attached hydrogens (tertiary/aromatic N) is 2. The molecule has 48 heavy (non-hydrogen) atoms. The van der Waals surface area contributed by atoms with E-state index in [1.807, 2.05) is 24.3 Å². The van der Waals surface area contributed by atoms with Crippen LogP contribution in [0, 0.1) is 5.92 Å². The van der Waals surface area contributed by atoms with Crippen molar-refractivity contribution in [1.29, 1.82) is 0 Å². The number of aliphatic hydroxyl groups is 1. The molecular formula is C39H48ClN3O5. The van der Waals surface area contributed by atoms with Crippen molar-refractivity contribution in [2.24, 2.45) is 5.92 Å². The van der Waals surface area contributed by atoms with E-state index in [9.17, 15) is 19.5 Å². The van der Waals surface area contributed by atoms with Gasteiger partial charge in [0.05, 0.1) is 12.2 Å². The standard InChI is InChI=1S/C39H48ClN3O5/c1-2-48-36(45)28-35(44)41-37(46)43-24-18-30(19-25-43)29-38(31-10-5-3-6-11-31,32-12-7-4-8-13-32)20-9-23-42-26-21-39(47,22-27-42)33-14-16-34(40)17-15-33/h3-8,10-17,30,47H,2,9,18-29H2,1H3,(H,41,44,46). The smallest absolute Gasteiger partial charge is 0.324 e. The van der Waals surface area contributed by atoms with E-state index in [-0.39, 0.29) is 12.0 Å². The predicted molar refractivity (Wildman–Crippen MR) is 188 cm³/mol. The number of ether oxygens (including phenoxy) is 1. The Morgan fingerprint density at radius 1 is 0.896 bits per heavy atom. The Balaban J connectivity index is 1.24. The summed E-state index contributed by atoms with van der Waals surface area (Å²) < 4.78 is 4.82. The number of hydrogen-bond donors (Lipinski definition) is 2. The summed E-state index contributed by atoms with van der Waals surface area (Å²) in [6, 6.07) is 28.7. The number of piperidine rings is 2. The van der Waals surface area contributed by atoms with Crippen LogP contribution in [0.1, 0.15) is 75.0 Å². The van der Waals surface area contributed by atoms with Gasteiger partial charge in [0.1, 0.15) is 6.42 Å². The topological polar surface area (TPSA) is 99.2 Å². The lowest BCUT2D eigenvalue weighted by Gasteiger charge is -2.42. The SMILES string of the molecule is CCOC(=O)CC(=O)NC(=O)N1CCC(CC(CCCN2CCC(O)(c3ccc(Cl)cc3)CC2)(c2ccccc2)c2ccccc2)CC1. The number of benzene rings is 3. The van der Waals surface area contributed by atoms with Gasteiger partial charge in [0.25, 0.3) is 0 Å². The Labute approximate surface area is 289 Å². The molecule has 256 valence electrons. The van der Waals surface area contributed by atoms with Gasteiger partial charge in [0, 0.05) is 36.6 Å². The molecule has 0 aromatic heterocycles. The number of carbonyl (C=O) groups is 3. The lowest BCUT2D eigenvalue weighted by atomic mass is 9.65. The van der Waals surface area contributed by atoms with Gasteiger partial charge in [-0.2, -0.15) is 0 Å². The number of esters is 1. The van der Waals surface area contributed by atoms with Crippen LogP contribution in [-0.2, 0) is 25.3 Å². The average molecular weight is 674 g/mol. The van der Waals surface area contributed by atoms with Crippen LogP contribution in [0.2, 0.25) is 5.02 Å². The molecule has 3 amide bonds. The van der Waals surface area contributed by atoms with Crippen LogP contribution in [0.4, 0.5) is 4.79 Å². The zero-order chi connectivity index (χ0) is 34.0. The zero-order valence-corrected chi connectivity index (χ0v) is 28.7. The molecule has 2 aliphatic heterocycles. The summed E-state index contributed by atoms with van der Waals surface area (Å²) in [5.74, 6) is -0.899. The van der Waals surface area contributed by atoms with Gasteiger partial charge >= 0.3 is 12.0 Å². The fraction of sp³-hybridized carbons (Fsp3) is 0.462. The van der Waals surface area contributed by atoms with Gasteiger partial charge in [-0.25, -0.2) is 4.79 Å². The van der Waals surface area contributed by atoms with Crippen molar-refractivity contribution in [3.8, 4) is 0 Å². The molecule has 2 N–H and O–H groups in total. The van der Waals surface area contributed by atoms with E-state index >= 15 is 0 Å². The number of hydrogen-bond acceptors (Lipinski definition) is 6. The van der Waals surface area contributed by atoms with E-state index in [0.717, 1.165) is 57.3 Å². The first-order valence-corrected chi connectivity index (χ1v) is 17.6. The van der Waals surface area contributed by atoms with E-state index in [0.29, 0.717) is 36.9 Å². The van der Waals surface area contributed by atoms with Gasteiger partial charge in [-0.05, 0) is 93.2 Å². The third kappa shape index (κ3) is 9.04. The highest BCUT2D eigenvalue weighted by Crippen LogP contribution is 2.44. The first-order valence-electron chi connectivity index (χ1n) is 17.3. The summed E-state index contributed by atoms with van der Waals surface area (Å²) in [5.41, 5.74) is 2.52. The number of urea groups is 1. The molecule has 2 aliphatic rings. The first-order chi connectivity index (χ1) is 23.2. The highest BCUT2D eigenvalue weighted by Gasteiger charge is 2.39. The fourth-order valence-electron chi connectivity index (χ4n) is 7.53. The Bertz CT molecular complexity index is 1450. The van der Waals surface area contributed by atoms with Crippen LogP contribution in [0.15, 0.2) is 84.9 Å². The van der Waals surface area contributed by atoms with Gasteiger partial charge in [-0.15, -0.1) is 0 Å². The predicted octanol–water partition coefficient (Wildman–Crippen LogP) is 6.68. The van der Waals surface area contributed by atoms with Crippen molar-refractivity contribution >= 4 is 29.5 Å². The Morgan fingerprint density at radius 2 is 1.48 bits per heavy atom. The summed E-state index contributed by atoms with van der Waals surface area (Å²) in [5, 5.41) is 14.4. The summed E-state index contributed by atoms with van der Waals surface area (Å²) in [7, 11) is 0. The molecule has 0 atom stereocenters. The minimum atomic E-state index is -0.821. The highest BCUT2D eigenvalue weighted by atomic mass is 35.5. The minimum Gasteiger partial charge on any atom is -0.466 e. The average Bonchev–Trinajstić information content (AvgIpc) is 3.10. The molecule has 0 bridgehead atoms. The van der Waals surface area contributed by atoms with Crippen molar-refractivity contribution in [2.75, 3.05) is 39.3 Å². The molecule has 0 aliphatic carbocycles. The molecule has 0 radical (unpaired) electrons. The van der Waals surface area contributed by atoms with Gasteiger partial charge in [-0.1, -0.05) is 84.4 Å². The van der Waals surface area contributed by atoms with Crippen LogP contribution < -0.4 is 5.32 Å². The number of rotatable bonds is 12. The van der Waals surface area contributed by atoms with Crippen LogP contribution in [-0.4, -0.2) is 72.1 Å². The Morgan fingerprint density at radius 3 is 2.04 bits per heavy atom. The largest absolute Gasteiger partial charge is 0.466 e. The molecule has 0 unspecified atom stereocenters. The summed E-state index contributed by atoms with van der Waals surface area (Å²) in [6.07, 6.45) is 5.51. The molecule has 8 nitrogen and oxygen atoms in total. The highest BCUT2D eigenvalue weighted by molar-refractivity contribution is 6.30. The molecular weight excluding hydrogens is 626 g/mol. The number of carbonyl (C=O) groups excluding carboxylic acids is 3. The summed E-state index contributed by atoms with van der Waals surface area (Å²) in [4.78, 5) is 40.8. The maximum Gasteiger partial charge on any atom is 0.324 e. The van der Waals surface area contributed by atoms with Crippen molar-refractivity contribution in [3.63, 3.8) is 0 Å². The van der Waals surface area contributed by atoms with Crippen molar-refractivity contribution < 1.29 is 24.2 Å². The molecule has 3 aromatic carbocycles. The van der Waals surface area contributed by atoms with Crippen LogP contribution in [0.5, 0.6) is 0 Å². The maximum absolute atomic E-state index is 12.8. The number of nitrogens with one attached hydrogen (secondary N) is 1. The second kappa shape index (κ2) is 16.6. The van der Waals surface area contributed by atoms with E-state index in [1.54, 1.807) is 11.8 Å². The summed E-state index contributed by atoms with van der Waals surface area (Å²) in [6.45, 7) is 5.59. The summed E-state index contributed by atoms with van der Waals surface area (Å²) >= 11 is 6.09.